The lowest BCUT2D eigenvalue weighted by molar-refractivity contribution is -0.117. The van der Waals surface area contributed by atoms with Gasteiger partial charge in [-0.05, 0) is 49.2 Å². The van der Waals surface area contributed by atoms with Crippen LogP contribution in [0, 0.1) is 6.92 Å². The Bertz CT molecular complexity index is 787. The van der Waals surface area contributed by atoms with Gasteiger partial charge in [0, 0.05) is 37.6 Å². The number of amides is 2. The van der Waals surface area contributed by atoms with Crippen LogP contribution in [0.3, 0.4) is 0 Å². The Kier molecular flexibility index (Phi) is 4.74. The second-order valence-corrected chi connectivity index (χ2v) is 6.54. The minimum Gasteiger partial charge on any atom is -0.374 e. The number of benzene rings is 2. The van der Waals surface area contributed by atoms with Gasteiger partial charge in [0.05, 0.1) is 0 Å². The lowest BCUT2D eigenvalue weighted by Crippen LogP contribution is -2.33. The molecular weight excluding hydrogens is 314 g/mol. The molecule has 0 aromatic heterocycles. The molecule has 1 fully saturated rings. The monoisotopic (exact) mass is 337 g/mol. The molecule has 1 N–H and O–H groups in total. The normalized spacial score (nSPS) is 16.8. The van der Waals surface area contributed by atoms with Crippen molar-refractivity contribution >= 4 is 23.2 Å². The zero-order valence-electron chi connectivity index (χ0n) is 14.8. The van der Waals surface area contributed by atoms with Gasteiger partial charge in [0.15, 0.2) is 0 Å². The fourth-order valence-electron chi connectivity index (χ4n) is 3.11. The average Bonchev–Trinajstić information content (AvgIpc) is 2.96. The summed E-state index contributed by atoms with van der Waals surface area (Å²) in [7, 11) is 3.48. The summed E-state index contributed by atoms with van der Waals surface area (Å²) in [6.07, 6.45) is 0.755. The van der Waals surface area contributed by atoms with Crippen LogP contribution < -0.4 is 10.2 Å². The Hall–Kier alpha value is -2.82. The van der Waals surface area contributed by atoms with Crippen LogP contribution in [-0.2, 0) is 4.79 Å². The third-order valence-electron chi connectivity index (χ3n) is 4.48. The van der Waals surface area contributed by atoms with E-state index in [0.29, 0.717) is 12.1 Å². The number of hydrogen-bond donors (Lipinski definition) is 1. The molecule has 2 aromatic rings. The smallest absolute Gasteiger partial charge is 0.253 e. The Morgan fingerprint density at radius 2 is 1.88 bits per heavy atom. The van der Waals surface area contributed by atoms with Crippen molar-refractivity contribution in [2.24, 2.45) is 0 Å². The highest BCUT2D eigenvalue weighted by molar-refractivity contribution is 6.01. The van der Waals surface area contributed by atoms with E-state index in [2.05, 4.69) is 5.32 Å². The Labute approximate surface area is 148 Å². The van der Waals surface area contributed by atoms with Crippen LogP contribution in [0.25, 0.3) is 0 Å². The number of carbonyl (C=O) groups is 2. The second kappa shape index (κ2) is 6.97. The largest absolute Gasteiger partial charge is 0.374 e. The van der Waals surface area contributed by atoms with Gasteiger partial charge in [-0.1, -0.05) is 18.2 Å². The molecule has 25 heavy (non-hydrogen) atoms. The fraction of sp³-hybridized carbons (Fsp3) is 0.300. The van der Waals surface area contributed by atoms with Crippen molar-refractivity contribution in [3.8, 4) is 0 Å². The van der Waals surface area contributed by atoms with Crippen LogP contribution in [0.4, 0.5) is 11.4 Å². The predicted octanol–water partition coefficient (Wildman–Crippen LogP) is 2.91. The van der Waals surface area contributed by atoms with Gasteiger partial charge in [-0.15, -0.1) is 0 Å². The first-order chi connectivity index (χ1) is 12.0. The number of hydrogen-bond acceptors (Lipinski definition) is 3. The number of nitrogens with zero attached hydrogens (tertiary/aromatic N) is 2. The van der Waals surface area contributed by atoms with Crippen LogP contribution in [0.1, 0.15) is 22.3 Å². The van der Waals surface area contributed by atoms with Crippen molar-refractivity contribution in [2.45, 2.75) is 19.4 Å². The van der Waals surface area contributed by atoms with E-state index in [1.54, 1.807) is 19.0 Å². The van der Waals surface area contributed by atoms with E-state index in [4.69, 9.17) is 0 Å². The van der Waals surface area contributed by atoms with E-state index in [0.717, 1.165) is 23.4 Å². The predicted molar refractivity (Wildman–Crippen MR) is 100 cm³/mol. The highest BCUT2D eigenvalue weighted by Gasteiger charge is 2.32. The quantitative estimate of drug-likeness (QED) is 0.933. The zero-order valence-corrected chi connectivity index (χ0v) is 14.8. The van der Waals surface area contributed by atoms with Gasteiger partial charge in [-0.25, -0.2) is 0 Å². The third kappa shape index (κ3) is 3.50. The summed E-state index contributed by atoms with van der Waals surface area (Å²) >= 11 is 0. The highest BCUT2D eigenvalue weighted by atomic mass is 16.2. The summed E-state index contributed by atoms with van der Waals surface area (Å²) in [5.74, 6) is 0.0635. The molecule has 0 bridgehead atoms. The standard InChI is InChI=1S/C20H23N3O2/c1-14-13-15(9-10-17(14)19(24)22(2)3)21-18-11-12-23(20(18)25)16-7-5-4-6-8-16/h4-10,13,18,21H,11-12H2,1-3H3. The van der Waals surface area contributed by atoms with Crippen LogP contribution in [0.5, 0.6) is 0 Å². The Balaban J connectivity index is 1.72. The van der Waals surface area contributed by atoms with Gasteiger partial charge in [0.1, 0.15) is 6.04 Å². The zero-order chi connectivity index (χ0) is 18.0. The number of para-hydroxylation sites is 1. The first kappa shape index (κ1) is 17.0. The molecule has 0 radical (unpaired) electrons. The summed E-state index contributed by atoms with van der Waals surface area (Å²) < 4.78 is 0. The van der Waals surface area contributed by atoms with E-state index >= 15 is 0 Å². The lowest BCUT2D eigenvalue weighted by atomic mass is 10.1. The molecule has 130 valence electrons. The maximum absolute atomic E-state index is 12.7. The summed E-state index contributed by atoms with van der Waals surface area (Å²) in [5, 5.41) is 3.31. The highest BCUT2D eigenvalue weighted by Crippen LogP contribution is 2.24. The molecule has 1 unspecified atom stereocenters. The van der Waals surface area contributed by atoms with E-state index < -0.39 is 0 Å². The van der Waals surface area contributed by atoms with Crippen molar-refractivity contribution in [3.05, 3.63) is 59.7 Å². The second-order valence-electron chi connectivity index (χ2n) is 6.54. The molecule has 0 saturated carbocycles. The third-order valence-corrected chi connectivity index (χ3v) is 4.48. The topological polar surface area (TPSA) is 52.7 Å². The van der Waals surface area contributed by atoms with Gasteiger partial charge < -0.3 is 15.1 Å². The minimum atomic E-state index is -0.241. The van der Waals surface area contributed by atoms with E-state index in [-0.39, 0.29) is 17.9 Å². The maximum Gasteiger partial charge on any atom is 0.253 e. The number of anilines is 2. The first-order valence-corrected chi connectivity index (χ1v) is 8.42. The molecule has 0 spiro atoms. The fourth-order valence-corrected chi connectivity index (χ4v) is 3.11. The van der Waals surface area contributed by atoms with Crippen molar-refractivity contribution in [3.63, 3.8) is 0 Å². The molecule has 0 aliphatic carbocycles. The number of rotatable bonds is 4. The molecule has 1 atom stereocenters. The molecule has 5 nitrogen and oxygen atoms in total. The SMILES string of the molecule is Cc1cc(NC2CCN(c3ccccc3)C2=O)ccc1C(=O)N(C)C. The maximum atomic E-state index is 12.7. The van der Waals surface area contributed by atoms with Crippen molar-refractivity contribution in [2.75, 3.05) is 30.9 Å². The Morgan fingerprint density at radius 3 is 2.52 bits per heavy atom. The minimum absolute atomic E-state index is 0.0174. The van der Waals surface area contributed by atoms with Gasteiger partial charge in [0.25, 0.3) is 5.91 Å². The molecule has 2 aromatic carbocycles. The van der Waals surface area contributed by atoms with E-state index in [1.807, 2.05) is 60.4 Å². The summed E-state index contributed by atoms with van der Waals surface area (Å²) in [4.78, 5) is 28.2. The summed E-state index contributed by atoms with van der Waals surface area (Å²) in [5.41, 5.74) is 3.37. The molecule has 1 saturated heterocycles. The van der Waals surface area contributed by atoms with Crippen LogP contribution in [0.15, 0.2) is 48.5 Å². The van der Waals surface area contributed by atoms with Crippen molar-refractivity contribution in [1.29, 1.82) is 0 Å². The number of aryl methyl sites for hydroxylation is 1. The van der Waals surface area contributed by atoms with Gasteiger partial charge >= 0.3 is 0 Å². The molecule has 3 rings (SSSR count). The summed E-state index contributed by atoms with van der Waals surface area (Å²) in [6.45, 7) is 2.62. The van der Waals surface area contributed by atoms with Crippen molar-refractivity contribution < 1.29 is 9.59 Å². The molecule has 1 heterocycles. The van der Waals surface area contributed by atoms with Gasteiger partial charge in [0.2, 0.25) is 5.91 Å². The number of carbonyl (C=O) groups excluding carboxylic acids is 2. The lowest BCUT2D eigenvalue weighted by Gasteiger charge is -2.18. The van der Waals surface area contributed by atoms with Crippen LogP contribution >= 0.6 is 0 Å². The molecular formula is C20H23N3O2. The van der Waals surface area contributed by atoms with E-state index in [1.165, 1.54) is 0 Å². The Morgan fingerprint density at radius 1 is 1.16 bits per heavy atom. The van der Waals surface area contributed by atoms with Crippen molar-refractivity contribution in [1.82, 2.24) is 4.90 Å². The number of nitrogens with one attached hydrogen (secondary N) is 1. The van der Waals surface area contributed by atoms with Crippen LogP contribution in [0.2, 0.25) is 0 Å². The summed E-state index contributed by atoms with van der Waals surface area (Å²) in [6, 6.07) is 15.1. The average molecular weight is 337 g/mol. The van der Waals surface area contributed by atoms with Crippen LogP contribution in [-0.4, -0.2) is 43.4 Å². The molecule has 2 amide bonds. The van der Waals surface area contributed by atoms with Gasteiger partial charge in [-0.3, -0.25) is 9.59 Å². The first-order valence-electron chi connectivity index (χ1n) is 8.42. The molecule has 1 aliphatic rings. The molecule has 5 heteroatoms. The van der Waals surface area contributed by atoms with E-state index in [9.17, 15) is 9.59 Å². The molecule has 1 aliphatic heterocycles. The van der Waals surface area contributed by atoms with Gasteiger partial charge in [-0.2, -0.15) is 0 Å².